The largest absolute Gasteiger partial charge is 0.468 e. The zero-order valence-corrected chi connectivity index (χ0v) is 8.75. The third-order valence-corrected chi connectivity index (χ3v) is 2.10. The maximum absolute atomic E-state index is 12.4. The molecule has 0 aliphatic carbocycles. The second-order valence-corrected chi connectivity index (χ2v) is 3.39. The number of halogens is 3. The Hall–Kier alpha value is -2.05. The Morgan fingerprint density at radius 3 is 2.47 bits per heavy atom. The Kier molecular flexibility index (Phi) is 2.53. The molecule has 7 heteroatoms. The fourth-order valence-corrected chi connectivity index (χ4v) is 1.33. The minimum absolute atomic E-state index is 0.0869. The molecule has 2 heterocycles. The first-order valence-corrected chi connectivity index (χ1v) is 4.64. The predicted molar refractivity (Wildman–Crippen MR) is 53.9 cm³/mol. The van der Waals surface area contributed by atoms with E-state index in [1.54, 1.807) is 0 Å². The van der Waals surface area contributed by atoms with Gasteiger partial charge in [-0.15, -0.1) is 0 Å². The fraction of sp³-hybridized carbons (Fsp3) is 0.200. The fourth-order valence-electron chi connectivity index (χ4n) is 1.33. The predicted octanol–water partition coefficient (Wildman–Crippen LogP) is 2.65. The molecule has 2 rings (SSSR count). The number of rotatable bonds is 1. The van der Waals surface area contributed by atoms with Gasteiger partial charge < -0.3 is 10.2 Å². The maximum atomic E-state index is 12.4. The Morgan fingerprint density at radius 2 is 2.00 bits per heavy atom. The number of nitrogens with two attached hydrogens (primary N) is 1. The standard InChI is InChI=1S/C10H8F3N3O/c1-5-8(6-2-3-7(14)15-4-6)16-9(17-5)10(11,12)13/h2-4H,1H3,(H2,14,15). The molecule has 0 amide bonds. The van der Waals surface area contributed by atoms with Crippen molar-refractivity contribution in [1.82, 2.24) is 9.97 Å². The molecule has 0 unspecified atom stereocenters. The van der Waals surface area contributed by atoms with Crippen LogP contribution >= 0.6 is 0 Å². The summed E-state index contributed by atoms with van der Waals surface area (Å²) < 4.78 is 41.7. The van der Waals surface area contributed by atoms with Crippen molar-refractivity contribution in [2.24, 2.45) is 0 Å². The lowest BCUT2D eigenvalue weighted by Gasteiger charge is -1.98. The quantitative estimate of drug-likeness (QED) is 0.836. The number of pyridine rings is 1. The van der Waals surface area contributed by atoms with Gasteiger partial charge in [0.25, 0.3) is 0 Å². The summed E-state index contributed by atoms with van der Waals surface area (Å²) in [6.07, 6.45) is -3.25. The summed E-state index contributed by atoms with van der Waals surface area (Å²) in [6, 6.07) is 3.02. The highest BCUT2D eigenvalue weighted by Gasteiger charge is 2.38. The summed E-state index contributed by atoms with van der Waals surface area (Å²) >= 11 is 0. The first-order valence-electron chi connectivity index (χ1n) is 4.64. The van der Waals surface area contributed by atoms with Crippen LogP contribution in [0.3, 0.4) is 0 Å². The van der Waals surface area contributed by atoms with Gasteiger partial charge in [-0.1, -0.05) is 0 Å². The van der Waals surface area contributed by atoms with Crippen molar-refractivity contribution in [3.05, 3.63) is 30.0 Å². The van der Waals surface area contributed by atoms with Crippen LogP contribution in [0.5, 0.6) is 0 Å². The summed E-state index contributed by atoms with van der Waals surface area (Å²) in [6.45, 7) is 1.41. The van der Waals surface area contributed by atoms with E-state index in [2.05, 4.69) is 14.4 Å². The van der Waals surface area contributed by atoms with E-state index in [9.17, 15) is 13.2 Å². The summed E-state index contributed by atoms with van der Waals surface area (Å²) in [4.78, 5) is 7.19. The number of nitrogen functional groups attached to an aromatic ring is 1. The molecule has 0 saturated carbocycles. The van der Waals surface area contributed by atoms with Crippen molar-refractivity contribution < 1.29 is 17.6 Å². The van der Waals surface area contributed by atoms with Crippen LogP contribution in [0.4, 0.5) is 19.0 Å². The Morgan fingerprint density at radius 1 is 1.29 bits per heavy atom. The SMILES string of the molecule is Cc1oc(C(F)(F)F)nc1-c1ccc(N)nc1. The van der Waals surface area contributed by atoms with Crippen LogP contribution in [0.1, 0.15) is 11.7 Å². The molecule has 2 aromatic rings. The Bertz CT molecular complexity index is 531. The molecule has 0 atom stereocenters. The molecule has 0 fully saturated rings. The average Bonchev–Trinajstić information content (AvgIpc) is 2.61. The van der Waals surface area contributed by atoms with Crippen LogP contribution in [0.15, 0.2) is 22.7 Å². The molecule has 0 aromatic carbocycles. The van der Waals surface area contributed by atoms with Crippen LogP contribution in [-0.4, -0.2) is 9.97 Å². The number of anilines is 1. The van der Waals surface area contributed by atoms with Crippen molar-refractivity contribution in [2.75, 3.05) is 5.73 Å². The van der Waals surface area contributed by atoms with Crippen molar-refractivity contribution >= 4 is 5.82 Å². The summed E-state index contributed by atoms with van der Waals surface area (Å²) in [5.74, 6) is -0.892. The third-order valence-electron chi connectivity index (χ3n) is 2.10. The first kappa shape index (κ1) is 11.4. The topological polar surface area (TPSA) is 64.9 Å². The molecule has 4 nitrogen and oxygen atoms in total. The highest BCUT2D eigenvalue weighted by Crippen LogP contribution is 2.32. The third kappa shape index (κ3) is 2.22. The Labute approximate surface area is 94.3 Å². The van der Waals surface area contributed by atoms with Crippen LogP contribution < -0.4 is 5.73 Å². The van der Waals surface area contributed by atoms with Gasteiger partial charge in [0.2, 0.25) is 0 Å². The molecule has 0 saturated heterocycles. The van der Waals surface area contributed by atoms with Gasteiger partial charge in [0.15, 0.2) is 0 Å². The summed E-state index contributed by atoms with van der Waals surface area (Å²) in [5, 5.41) is 0. The number of aryl methyl sites for hydroxylation is 1. The zero-order valence-electron chi connectivity index (χ0n) is 8.75. The highest BCUT2D eigenvalue weighted by molar-refractivity contribution is 5.61. The van der Waals surface area contributed by atoms with E-state index in [1.807, 2.05) is 0 Å². The highest BCUT2D eigenvalue weighted by atomic mass is 19.4. The normalized spacial score (nSPS) is 11.8. The van der Waals surface area contributed by atoms with E-state index in [4.69, 9.17) is 5.73 Å². The van der Waals surface area contributed by atoms with Gasteiger partial charge in [-0.25, -0.2) is 9.97 Å². The van der Waals surface area contributed by atoms with Crippen LogP contribution in [0, 0.1) is 6.92 Å². The van der Waals surface area contributed by atoms with Gasteiger partial charge in [0, 0.05) is 11.8 Å². The monoisotopic (exact) mass is 243 g/mol. The van der Waals surface area contributed by atoms with Gasteiger partial charge in [0.05, 0.1) is 0 Å². The molecule has 0 bridgehead atoms. The van der Waals surface area contributed by atoms with Gasteiger partial charge in [-0.2, -0.15) is 13.2 Å². The number of hydrogen-bond acceptors (Lipinski definition) is 4. The van der Waals surface area contributed by atoms with Crippen LogP contribution in [0.2, 0.25) is 0 Å². The van der Waals surface area contributed by atoms with Crippen molar-refractivity contribution in [3.8, 4) is 11.3 Å². The summed E-state index contributed by atoms with van der Waals surface area (Å²) in [5.41, 5.74) is 5.92. The first-order chi connectivity index (χ1) is 7.88. The molecule has 0 radical (unpaired) electrons. The number of oxazole rings is 1. The smallest absolute Gasteiger partial charge is 0.438 e. The molecule has 2 aromatic heterocycles. The van der Waals surface area contributed by atoms with Gasteiger partial charge in [0.1, 0.15) is 17.3 Å². The van der Waals surface area contributed by atoms with E-state index < -0.39 is 12.1 Å². The lowest BCUT2D eigenvalue weighted by Crippen LogP contribution is -2.04. The lowest BCUT2D eigenvalue weighted by atomic mass is 10.2. The van der Waals surface area contributed by atoms with E-state index in [0.29, 0.717) is 5.56 Å². The van der Waals surface area contributed by atoms with Crippen LogP contribution in [-0.2, 0) is 6.18 Å². The van der Waals surface area contributed by atoms with E-state index in [1.165, 1.54) is 25.3 Å². The number of nitrogens with zero attached hydrogens (tertiary/aromatic N) is 2. The number of aromatic nitrogens is 2. The maximum Gasteiger partial charge on any atom is 0.468 e. The zero-order chi connectivity index (χ0) is 12.6. The second kappa shape index (κ2) is 3.76. The number of alkyl halides is 3. The minimum Gasteiger partial charge on any atom is -0.438 e. The van der Waals surface area contributed by atoms with Gasteiger partial charge in [-0.05, 0) is 19.1 Å². The Balaban J connectivity index is 2.46. The van der Waals surface area contributed by atoms with E-state index in [-0.39, 0.29) is 17.3 Å². The van der Waals surface area contributed by atoms with Crippen molar-refractivity contribution in [3.63, 3.8) is 0 Å². The molecule has 17 heavy (non-hydrogen) atoms. The van der Waals surface area contributed by atoms with Gasteiger partial charge >= 0.3 is 12.1 Å². The molecule has 0 aliphatic rings. The molecule has 0 spiro atoms. The summed E-state index contributed by atoms with van der Waals surface area (Å²) in [7, 11) is 0. The van der Waals surface area contributed by atoms with E-state index >= 15 is 0 Å². The van der Waals surface area contributed by atoms with Gasteiger partial charge in [-0.3, -0.25) is 0 Å². The molecule has 0 aliphatic heterocycles. The van der Waals surface area contributed by atoms with Crippen molar-refractivity contribution in [1.29, 1.82) is 0 Å². The van der Waals surface area contributed by atoms with Crippen molar-refractivity contribution in [2.45, 2.75) is 13.1 Å². The average molecular weight is 243 g/mol. The van der Waals surface area contributed by atoms with Crippen LogP contribution in [0.25, 0.3) is 11.3 Å². The minimum atomic E-state index is -4.59. The van der Waals surface area contributed by atoms with E-state index in [0.717, 1.165) is 0 Å². The molecule has 2 N–H and O–H groups in total. The number of hydrogen-bond donors (Lipinski definition) is 1. The second-order valence-electron chi connectivity index (χ2n) is 3.39. The molecular weight excluding hydrogens is 235 g/mol. The lowest BCUT2D eigenvalue weighted by molar-refractivity contribution is -0.157. The molecule has 90 valence electrons. The molecular formula is C10H8F3N3O.